The molecule has 0 aromatic carbocycles. The Morgan fingerprint density at radius 1 is 0.972 bits per heavy atom. The standard InChI is InChI=1S/C24H32N2O10/c1-13(27)31-12-19-20(32-14(2)28)21(33-15(3)29)22(34-16(4)30)24(35-19)36-23-17(8-6-10-25-23)18-9-7-11-26(18)5/h6,8,10,18-22,24H,7,9,11-12H2,1-5H3/t18?,19-,20-,21+,22-,24-/m0/s1. The fourth-order valence-electron chi connectivity index (χ4n) is 4.45. The van der Waals surface area contributed by atoms with E-state index in [1.807, 2.05) is 13.1 Å². The van der Waals surface area contributed by atoms with Crippen molar-refractivity contribution in [3.05, 3.63) is 23.9 Å². The zero-order valence-corrected chi connectivity index (χ0v) is 21.0. The minimum atomic E-state index is -1.33. The van der Waals surface area contributed by atoms with E-state index in [4.69, 9.17) is 28.4 Å². The molecule has 2 saturated heterocycles. The smallest absolute Gasteiger partial charge is 0.303 e. The van der Waals surface area contributed by atoms with Crippen molar-refractivity contribution in [2.24, 2.45) is 0 Å². The summed E-state index contributed by atoms with van der Waals surface area (Å²) in [5, 5.41) is 0. The minimum absolute atomic E-state index is 0.0550. The van der Waals surface area contributed by atoms with Crippen molar-refractivity contribution in [3.8, 4) is 5.88 Å². The van der Waals surface area contributed by atoms with Gasteiger partial charge in [0.05, 0.1) is 0 Å². The largest absolute Gasteiger partial charge is 0.463 e. The van der Waals surface area contributed by atoms with Gasteiger partial charge >= 0.3 is 23.9 Å². The van der Waals surface area contributed by atoms with Gasteiger partial charge in [-0.2, -0.15) is 0 Å². The van der Waals surface area contributed by atoms with Gasteiger partial charge in [0.15, 0.2) is 12.2 Å². The highest BCUT2D eigenvalue weighted by atomic mass is 16.7. The van der Waals surface area contributed by atoms with E-state index in [-0.39, 0.29) is 18.5 Å². The molecule has 1 aromatic heterocycles. The number of rotatable bonds is 8. The molecule has 2 aliphatic rings. The molecule has 0 N–H and O–H groups in total. The van der Waals surface area contributed by atoms with E-state index in [0.717, 1.165) is 38.8 Å². The molecule has 0 radical (unpaired) electrons. The van der Waals surface area contributed by atoms with E-state index in [2.05, 4.69) is 9.88 Å². The third-order valence-corrected chi connectivity index (χ3v) is 5.86. The van der Waals surface area contributed by atoms with E-state index in [0.29, 0.717) is 0 Å². The van der Waals surface area contributed by atoms with Crippen LogP contribution in [0.15, 0.2) is 18.3 Å². The molecule has 198 valence electrons. The van der Waals surface area contributed by atoms with Crippen molar-refractivity contribution < 1.29 is 47.6 Å². The van der Waals surface area contributed by atoms with Crippen LogP contribution >= 0.6 is 0 Å². The second-order valence-electron chi connectivity index (χ2n) is 8.72. The summed E-state index contributed by atoms with van der Waals surface area (Å²) in [6.07, 6.45) is -2.84. The summed E-state index contributed by atoms with van der Waals surface area (Å²) in [6, 6.07) is 3.74. The molecule has 2 fully saturated rings. The normalized spacial score (nSPS) is 28.1. The Morgan fingerprint density at radius 2 is 1.61 bits per heavy atom. The van der Waals surface area contributed by atoms with Crippen LogP contribution in [0.1, 0.15) is 52.1 Å². The highest BCUT2D eigenvalue weighted by molar-refractivity contribution is 5.68. The summed E-state index contributed by atoms with van der Waals surface area (Å²) in [7, 11) is 2.00. The molecule has 0 amide bonds. The van der Waals surface area contributed by atoms with Crippen LogP contribution in [0.25, 0.3) is 0 Å². The van der Waals surface area contributed by atoms with Crippen LogP contribution in [-0.4, -0.2) is 84.7 Å². The average molecular weight is 509 g/mol. The quantitative estimate of drug-likeness (QED) is 0.369. The third kappa shape index (κ3) is 6.91. The molecule has 3 rings (SSSR count). The summed E-state index contributed by atoms with van der Waals surface area (Å²) in [5.74, 6) is -2.47. The number of nitrogens with zero attached hydrogens (tertiary/aromatic N) is 2. The lowest BCUT2D eigenvalue weighted by Crippen LogP contribution is -2.63. The maximum absolute atomic E-state index is 12.0. The fraction of sp³-hybridized carbons (Fsp3) is 0.625. The Morgan fingerprint density at radius 3 is 2.19 bits per heavy atom. The van der Waals surface area contributed by atoms with Crippen LogP contribution < -0.4 is 4.74 Å². The lowest BCUT2D eigenvalue weighted by molar-refractivity contribution is -0.289. The van der Waals surface area contributed by atoms with Crippen molar-refractivity contribution in [2.45, 2.75) is 77.3 Å². The van der Waals surface area contributed by atoms with E-state index in [1.165, 1.54) is 13.8 Å². The first-order chi connectivity index (χ1) is 17.1. The minimum Gasteiger partial charge on any atom is -0.463 e. The number of likely N-dealkylation sites (tertiary alicyclic amines) is 1. The summed E-state index contributed by atoms with van der Waals surface area (Å²) in [5.41, 5.74) is 0.811. The SMILES string of the molecule is CC(=O)OC[C@@H]1O[C@@H](Oc2ncccc2C2CCCN2C)[C@@H](OC(C)=O)[C@H](OC(C)=O)[C@H]1OC(C)=O. The monoisotopic (exact) mass is 508 g/mol. The molecule has 1 unspecified atom stereocenters. The van der Waals surface area contributed by atoms with Crippen molar-refractivity contribution in [1.82, 2.24) is 9.88 Å². The van der Waals surface area contributed by atoms with Gasteiger partial charge in [0, 0.05) is 45.5 Å². The second-order valence-corrected chi connectivity index (χ2v) is 8.72. The number of carbonyl (C=O) groups excluding carboxylic acids is 4. The van der Waals surface area contributed by atoms with Crippen LogP contribution in [0, 0.1) is 0 Å². The number of pyridine rings is 1. The van der Waals surface area contributed by atoms with E-state index in [1.54, 1.807) is 12.3 Å². The first kappa shape index (κ1) is 27.3. The first-order valence-corrected chi connectivity index (χ1v) is 11.7. The number of esters is 4. The number of aromatic nitrogens is 1. The zero-order valence-electron chi connectivity index (χ0n) is 21.0. The van der Waals surface area contributed by atoms with Crippen molar-refractivity contribution in [1.29, 1.82) is 0 Å². The molecule has 0 aliphatic carbocycles. The van der Waals surface area contributed by atoms with Gasteiger partial charge in [0.2, 0.25) is 18.3 Å². The molecule has 6 atom stereocenters. The molecule has 2 aliphatic heterocycles. The molecule has 0 bridgehead atoms. The van der Waals surface area contributed by atoms with Gasteiger partial charge in [-0.05, 0) is 32.5 Å². The zero-order chi connectivity index (χ0) is 26.4. The first-order valence-electron chi connectivity index (χ1n) is 11.7. The Labute approximate surface area is 209 Å². The van der Waals surface area contributed by atoms with Crippen LogP contribution in [-0.2, 0) is 42.9 Å². The van der Waals surface area contributed by atoms with Crippen molar-refractivity contribution in [2.75, 3.05) is 20.2 Å². The number of carbonyl (C=O) groups is 4. The predicted octanol–water partition coefficient (Wildman–Crippen LogP) is 1.31. The van der Waals surface area contributed by atoms with Gasteiger partial charge in [0.25, 0.3) is 0 Å². The lowest BCUT2D eigenvalue weighted by Gasteiger charge is -2.43. The van der Waals surface area contributed by atoms with Gasteiger partial charge in [-0.3, -0.25) is 24.1 Å². The van der Waals surface area contributed by atoms with Crippen LogP contribution in [0.3, 0.4) is 0 Å². The van der Waals surface area contributed by atoms with Gasteiger partial charge in [-0.1, -0.05) is 6.07 Å². The molecule has 12 heteroatoms. The van der Waals surface area contributed by atoms with E-state index in [9.17, 15) is 19.2 Å². The highest BCUT2D eigenvalue weighted by Gasteiger charge is 2.53. The molecule has 36 heavy (non-hydrogen) atoms. The summed E-state index contributed by atoms with van der Waals surface area (Å²) in [4.78, 5) is 53.9. The van der Waals surface area contributed by atoms with Gasteiger partial charge in [-0.15, -0.1) is 0 Å². The van der Waals surface area contributed by atoms with E-state index >= 15 is 0 Å². The fourth-order valence-corrected chi connectivity index (χ4v) is 4.45. The van der Waals surface area contributed by atoms with Gasteiger partial charge in [0.1, 0.15) is 12.7 Å². The number of hydrogen-bond donors (Lipinski definition) is 0. The van der Waals surface area contributed by atoms with Crippen LogP contribution in [0.5, 0.6) is 5.88 Å². The topological polar surface area (TPSA) is 140 Å². The third-order valence-electron chi connectivity index (χ3n) is 5.86. The van der Waals surface area contributed by atoms with E-state index < -0.39 is 54.6 Å². The predicted molar refractivity (Wildman–Crippen MR) is 121 cm³/mol. The Kier molecular flexibility index (Phi) is 9.21. The van der Waals surface area contributed by atoms with Gasteiger partial charge in [-0.25, -0.2) is 4.98 Å². The molecule has 1 aromatic rings. The summed E-state index contributed by atoms with van der Waals surface area (Å²) in [6.45, 7) is 5.29. The number of ether oxygens (including phenoxy) is 6. The van der Waals surface area contributed by atoms with Crippen LogP contribution in [0.4, 0.5) is 0 Å². The molecule has 0 saturated carbocycles. The Balaban J connectivity index is 2.00. The lowest BCUT2D eigenvalue weighted by atomic mass is 9.98. The van der Waals surface area contributed by atoms with Crippen molar-refractivity contribution in [3.63, 3.8) is 0 Å². The second kappa shape index (κ2) is 12.1. The van der Waals surface area contributed by atoms with Gasteiger partial charge < -0.3 is 28.4 Å². The maximum Gasteiger partial charge on any atom is 0.303 e. The molecular formula is C24H32N2O10. The summed E-state index contributed by atoms with van der Waals surface area (Å²) >= 11 is 0. The molecular weight excluding hydrogens is 476 g/mol. The van der Waals surface area contributed by atoms with Crippen molar-refractivity contribution >= 4 is 23.9 Å². The molecule has 3 heterocycles. The van der Waals surface area contributed by atoms with Crippen LogP contribution in [0.2, 0.25) is 0 Å². The average Bonchev–Trinajstić information content (AvgIpc) is 3.21. The molecule has 12 nitrogen and oxygen atoms in total. The number of hydrogen-bond acceptors (Lipinski definition) is 12. The highest BCUT2D eigenvalue weighted by Crippen LogP contribution is 2.37. The summed E-state index contributed by atoms with van der Waals surface area (Å²) < 4.78 is 33.6. The molecule has 0 spiro atoms. The Hall–Kier alpha value is -3.25. The maximum atomic E-state index is 12.0. The Bertz CT molecular complexity index is 970.